The van der Waals surface area contributed by atoms with Crippen molar-refractivity contribution in [1.29, 1.82) is 0 Å². The lowest BCUT2D eigenvalue weighted by Gasteiger charge is -2.35. The van der Waals surface area contributed by atoms with Gasteiger partial charge in [-0.25, -0.2) is 23.9 Å². The molecule has 0 saturated carbocycles. The van der Waals surface area contributed by atoms with Gasteiger partial charge in [-0.3, -0.25) is 4.79 Å². The SMILES string of the molecule is CCCN(Cc1nc(C(F)(F)F)c(C(=O)Nc2ccc(N3CCN(C(=O)Nc4ccccc4F)CC3)nc2)s1)C(=O)OC(C)(C)C. The number of alkyl halides is 3. The second-order valence-corrected chi connectivity index (χ2v) is 12.5. The number of anilines is 3. The predicted octanol–water partition coefficient (Wildman–Crippen LogP) is 6.45. The van der Waals surface area contributed by atoms with Gasteiger partial charge in [-0.15, -0.1) is 11.3 Å². The van der Waals surface area contributed by atoms with Crippen molar-refractivity contribution in [3.05, 3.63) is 64.0 Å². The minimum Gasteiger partial charge on any atom is -0.444 e. The molecule has 0 radical (unpaired) electrons. The van der Waals surface area contributed by atoms with Crippen molar-refractivity contribution in [1.82, 2.24) is 19.8 Å². The Morgan fingerprint density at radius 1 is 1.02 bits per heavy atom. The number of pyridine rings is 1. The van der Waals surface area contributed by atoms with E-state index in [1.807, 2.05) is 11.8 Å². The van der Waals surface area contributed by atoms with E-state index in [1.54, 1.807) is 37.8 Å². The number of hydrogen-bond donors (Lipinski definition) is 2. The Bertz CT molecular complexity index is 1540. The fraction of sp³-hybridized carbons (Fsp3) is 0.433. The molecular weight excluding hydrogens is 630 g/mol. The van der Waals surface area contributed by atoms with Crippen molar-refractivity contribution in [3.8, 4) is 0 Å². The summed E-state index contributed by atoms with van der Waals surface area (Å²) in [6, 6.07) is 8.57. The molecule has 1 aliphatic heterocycles. The van der Waals surface area contributed by atoms with Crippen LogP contribution in [0.25, 0.3) is 0 Å². The highest BCUT2D eigenvalue weighted by atomic mass is 32.1. The fourth-order valence-corrected chi connectivity index (χ4v) is 5.50. The number of hydrogen-bond acceptors (Lipinski definition) is 8. The molecule has 2 N–H and O–H groups in total. The molecule has 3 aromatic rings. The summed E-state index contributed by atoms with van der Waals surface area (Å²) in [5.41, 5.74) is -1.88. The van der Waals surface area contributed by atoms with Crippen molar-refractivity contribution in [3.63, 3.8) is 0 Å². The number of nitrogens with zero attached hydrogens (tertiary/aromatic N) is 5. The van der Waals surface area contributed by atoms with Crippen LogP contribution in [-0.2, 0) is 17.5 Å². The van der Waals surface area contributed by atoms with Gasteiger partial charge in [-0.2, -0.15) is 13.2 Å². The van der Waals surface area contributed by atoms with Gasteiger partial charge in [0.15, 0.2) is 5.69 Å². The van der Waals surface area contributed by atoms with Crippen molar-refractivity contribution < 1.29 is 36.7 Å². The molecule has 3 heterocycles. The molecule has 2 aromatic heterocycles. The zero-order valence-electron chi connectivity index (χ0n) is 25.8. The summed E-state index contributed by atoms with van der Waals surface area (Å²) in [5, 5.41) is 4.94. The zero-order chi connectivity index (χ0) is 33.6. The maximum absolute atomic E-state index is 13.9. The van der Waals surface area contributed by atoms with E-state index in [4.69, 9.17) is 4.74 Å². The average Bonchev–Trinajstić information content (AvgIpc) is 3.43. The van der Waals surface area contributed by atoms with Gasteiger partial charge in [0.2, 0.25) is 0 Å². The lowest BCUT2D eigenvalue weighted by atomic mass is 10.2. The van der Waals surface area contributed by atoms with Gasteiger partial charge in [0.1, 0.15) is 27.1 Å². The van der Waals surface area contributed by atoms with E-state index in [9.17, 15) is 31.9 Å². The van der Waals surface area contributed by atoms with Gasteiger partial charge < -0.3 is 30.1 Å². The molecule has 0 bridgehead atoms. The average molecular weight is 666 g/mol. The van der Waals surface area contributed by atoms with Gasteiger partial charge in [-0.1, -0.05) is 19.1 Å². The number of carbonyl (C=O) groups excluding carboxylic acids is 3. The fourth-order valence-electron chi connectivity index (χ4n) is 4.50. The molecular formula is C30H35F4N7O4S. The molecule has 0 aliphatic carbocycles. The van der Waals surface area contributed by atoms with E-state index >= 15 is 0 Å². The molecule has 1 fully saturated rings. The van der Waals surface area contributed by atoms with Crippen LogP contribution in [0.5, 0.6) is 0 Å². The lowest BCUT2D eigenvalue weighted by Crippen LogP contribution is -2.50. The molecule has 11 nitrogen and oxygen atoms in total. The highest BCUT2D eigenvalue weighted by molar-refractivity contribution is 7.14. The molecule has 0 unspecified atom stereocenters. The first-order valence-corrected chi connectivity index (χ1v) is 15.3. The third kappa shape index (κ3) is 9.05. The first-order valence-electron chi connectivity index (χ1n) is 14.5. The van der Waals surface area contributed by atoms with E-state index in [0.717, 1.165) is 0 Å². The maximum atomic E-state index is 13.9. The number of piperazine rings is 1. The van der Waals surface area contributed by atoms with E-state index in [-0.39, 0.29) is 29.5 Å². The Morgan fingerprint density at radius 2 is 1.72 bits per heavy atom. The van der Waals surface area contributed by atoms with Crippen molar-refractivity contribution in [2.45, 2.75) is 52.4 Å². The minimum atomic E-state index is -4.90. The van der Waals surface area contributed by atoms with Gasteiger partial charge in [0.25, 0.3) is 5.91 Å². The molecule has 1 saturated heterocycles. The first-order chi connectivity index (χ1) is 21.6. The van der Waals surface area contributed by atoms with Gasteiger partial charge in [-0.05, 0) is 51.5 Å². The van der Waals surface area contributed by atoms with Crippen LogP contribution in [0, 0.1) is 5.82 Å². The maximum Gasteiger partial charge on any atom is 0.435 e. The standard InChI is InChI=1S/C30H35F4N7O4S/c1-5-12-41(28(44)45-29(2,3)4)18-23-38-25(30(32,33)34)24(46-23)26(42)36-19-10-11-22(35-17-19)39-13-15-40(16-14-39)27(43)37-21-9-7-6-8-20(21)31/h6-11,17H,5,12-16,18H2,1-4H3,(H,36,42)(H,37,43). The summed E-state index contributed by atoms with van der Waals surface area (Å²) < 4.78 is 60.9. The van der Waals surface area contributed by atoms with Crippen LogP contribution in [0.3, 0.4) is 0 Å². The van der Waals surface area contributed by atoms with Crippen LogP contribution in [0.15, 0.2) is 42.6 Å². The number of carbonyl (C=O) groups is 3. The van der Waals surface area contributed by atoms with Crippen molar-refractivity contribution in [2.75, 3.05) is 48.3 Å². The van der Waals surface area contributed by atoms with Crippen LogP contribution in [0.1, 0.15) is 54.5 Å². The Hall–Kier alpha value is -4.47. The van der Waals surface area contributed by atoms with Crippen LogP contribution in [-0.4, -0.2) is 76.1 Å². The lowest BCUT2D eigenvalue weighted by molar-refractivity contribution is -0.141. The number of halogens is 4. The summed E-state index contributed by atoms with van der Waals surface area (Å²) in [7, 11) is 0. The second-order valence-electron chi connectivity index (χ2n) is 11.4. The number of para-hydroxylation sites is 1. The first kappa shape index (κ1) is 34.4. The van der Waals surface area contributed by atoms with Crippen LogP contribution >= 0.6 is 11.3 Å². The third-order valence-electron chi connectivity index (χ3n) is 6.63. The van der Waals surface area contributed by atoms with E-state index in [0.29, 0.717) is 49.8 Å². The predicted molar refractivity (Wildman–Crippen MR) is 165 cm³/mol. The number of nitrogens with one attached hydrogen (secondary N) is 2. The summed E-state index contributed by atoms with van der Waals surface area (Å²) in [5.74, 6) is -1.01. The molecule has 248 valence electrons. The van der Waals surface area contributed by atoms with Gasteiger partial charge >= 0.3 is 18.3 Å². The quantitative estimate of drug-likeness (QED) is 0.266. The molecule has 0 atom stereocenters. The molecule has 4 amide bonds. The van der Waals surface area contributed by atoms with Gasteiger partial charge in [0, 0.05) is 32.7 Å². The second kappa shape index (κ2) is 14.3. The summed E-state index contributed by atoms with van der Waals surface area (Å²) in [4.78, 5) is 50.3. The van der Waals surface area contributed by atoms with Crippen molar-refractivity contribution in [2.24, 2.45) is 0 Å². The Labute approximate surface area is 267 Å². The number of urea groups is 1. The number of rotatable bonds is 8. The zero-order valence-corrected chi connectivity index (χ0v) is 26.6. The van der Waals surface area contributed by atoms with Gasteiger partial charge in [0.05, 0.1) is 24.1 Å². The minimum absolute atomic E-state index is 0.0630. The van der Waals surface area contributed by atoms with Crippen LogP contribution in [0.4, 0.5) is 44.3 Å². The third-order valence-corrected chi connectivity index (χ3v) is 7.67. The Kier molecular flexibility index (Phi) is 10.7. The summed E-state index contributed by atoms with van der Waals surface area (Å²) in [6.07, 6.45) is -3.74. The summed E-state index contributed by atoms with van der Waals surface area (Å²) in [6.45, 7) is 8.39. The monoisotopic (exact) mass is 665 g/mol. The van der Waals surface area contributed by atoms with E-state index in [1.165, 1.54) is 35.4 Å². The van der Waals surface area contributed by atoms with E-state index in [2.05, 4.69) is 20.6 Å². The van der Waals surface area contributed by atoms with Crippen LogP contribution < -0.4 is 15.5 Å². The smallest absolute Gasteiger partial charge is 0.435 e. The molecule has 4 rings (SSSR count). The Morgan fingerprint density at radius 3 is 2.30 bits per heavy atom. The number of thiazole rings is 1. The number of benzene rings is 1. The molecule has 1 aromatic carbocycles. The summed E-state index contributed by atoms with van der Waals surface area (Å²) >= 11 is 0.553. The Balaban J connectivity index is 1.39. The number of ether oxygens (including phenoxy) is 1. The highest BCUT2D eigenvalue weighted by Gasteiger charge is 2.40. The normalized spacial score (nSPS) is 13.7. The highest BCUT2D eigenvalue weighted by Crippen LogP contribution is 2.35. The van der Waals surface area contributed by atoms with Crippen molar-refractivity contribution >= 4 is 46.6 Å². The van der Waals surface area contributed by atoms with E-state index < -0.39 is 46.2 Å². The molecule has 1 aliphatic rings. The molecule has 16 heteroatoms. The topological polar surface area (TPSA) is 120 Å². The number of aromatic nitrogens is 2. The molecule has 46 heavy (non-hydrogen) atoms. The molecule has 0 spiro atoms. The number of amides is 4. The largest absolute Gasteiger partial charge is 0.444 e. The van der Waals surface area contributed by atoms with Crippen LogP contribution in [0.2, 0.25) is 0 Å².